The molecule has 0 bridgehead atoms. The number of benzene rings is 2. The second kappa shape index (κ2) is 9.16. The SMILES string of the molecule is O=C1CCC(N2C(=O)c3cccc(NCCCCNc4nc5c(F)cccc5o4)c3C2=O)C(=O)N1. The third kappa shape index (κ3) is 4.20. The number of hydrogen-bond acceptors (Lipinski definition) is 8. The maximum atomic E-state index is 13.7. The van der Waals surface area contributed by atoms with Crippen LogP contribution < -0.4 is 16.0 Å². The largest absolute Gasteiger partial charge is 0.423 e. The van der Waals surface area contributed by atoms with Gasteiger partial charge in [0.15, 0.2) is 11.4 Å². The number of hydrogen-bond donors (Lipinski definition) is 3. The van der Waals surface area contributed by atoms with Crippen LogP contribution in [0, 0.1) is 5.82 Å². The number of carbonyl (C=O) groups is 4. The van der Waals surface area contributed by atoms with Crippen molar-refractivity contribution in [1.29, 1.82) is 0 Å². The summed E-state index contributed by atoms with van der Waals surface area (Å²) < 4.78 is 19.2. The number of anilines is 2. The second-order valence-electron chi connectivity index (χ2n) is 8.34. The monoisotopic (exact) mass is 479 g/mol. The van der Waals surface area contributed by atoms with E-state index in [-0.39, 0.29) is 35.5 Å². The molecule has 1 fully saturated rings. The van der Waals surface area contributed by atoms with Crippen molar-refractivity contribution in [2.45, 2.75) is 31.7 Å². The zero-order chi connectivity index (χ0) is 24.5. The molecule has 0 aliphatic carbocycles. The second-order valence-corrected chi connectivity index (χ2v) is 8.34. The molecule has 10 nitrogen and oxygen atoms in total. The number of nitrogens with one attached hydrogen (secondary N) is 3. The smallest absolute Gasteiger partial charge is 0.295 e. The van der Waals surface area contributed by atoms with E-state index in [1.165, 1.54) is 6.07 Å². The minimum atomic E-state index is -1.00. The maximum Gasteiger partial charge on any atom is 0.295 e. The van der Waals surface area contributed by atoms with Gasteiger partial charge in [0.05, 0.1) is 11.1 Å². The van der Waals surface area contributed by atoms with E-state index in [1.54, 1.807) is 30.3 Å². The van der Waals surface area contributed by atoms with Crippen LogP contribution in [0.3, 0.4) is 0 Å². The lowest BCUT2D eigenvalue weighted by molar-refractivity contribution is -0.136. The number of rotatable bonds is 8. The fraction of sp³-hybridized carbons (Fsp3) is 0.292. The Labute approximate surface area is 198 Å². The van der Waals surface area contributed by atoms with Gasteiger partial charge >= 0.3 is 0 Å². The highest BCUT2D eigenvalue weighted by Gasteiger charge is 2.45. The summed E-state index contributed by atoms with van der Waals surface area (Å²) in [5.74, 6) is -2.58. The molecule has 0 spiro atoms. The molecule has 1 aromatic heterocycles. The summed E-state index contributed by atoms with van der Waals surface area (Å²) in [6, 6.07) is 8.71. The summed E-state index contributed by atoms with van der Waals surface area (Å²) in [6.45, 7) is 1.07. The van der Waals surface area contributed by atoms with Crippen molar-refractivity contribution >= 4 is 46.4 Å². The van der Waals surface area contributed by atoms with Crippen molar-refractivity contribution in [3.8, 4) is 0 Å². The fourth-order valence-corrected chi connectivity index (χ4v) is 4.32. The molecule has 3 heterocycles. The van der Waals surface area contributed by atoms with E-state index >= 15 is 0 Å². The number of amides is 4. The number of halogens is 1. The van der Waals surface area contributed by atoms with E-state index < -0.39 is 35.5 Å². The van der Waals surface area contributed by atoms with E-state index in [9.17, 15) is 23.6 Å². The standard InChI is InChI=1S/C24H22FN5O5/c25-14-6-4-8-17-20(14)29-24(35-17)27-12-2-1-11-26-15-7-3-5-13-19(15)23(34)30(22(13)33)16-9-10-18(31)28-21(16)32/h3-8,16,26H,1-2,9-12H2,(H,27,29)(H,28,31,32). The molecule has 1 saturated heterocycles. The molecule has 35 heavy (non-hydrogen) atoms. The molecule has 180 valence electrons. The molecule has 3 aromatic rings. The Morgan fingerprint density at radius 1 is 1.03 bits per heavy atom. The number of unbranched alkanes of at least 4 members (excludes halogenated alkanes) is 1. The van der Waals surface area contributed by atoms with E-state index in [1.807, 2.05) is 0 Å². The first-order chi connectivity index (χ1) is 16.9. The van der Waals surface area contributed by atoms with Crippen LogP contribution in [-0.2, 0) is 9.59 Å². The van der Waals surface area contributed by atoms with Crippen LogP contribution in [0.5, 0.6) is 0 Å². The van der Waals surface area contributed by atoms with Gasteiger partial charge in [0.1, 0.15) is 11.6 Å². The summed E-state index contributed by atoms with van der Waals surface area (Å²) in [5, 5.41) is 8.41. The van der Waals surface area contributed by atoms with Gasteiger partial charge in [-0.2, -0.15) is 4.98 Å². The lowest BCUT2D eigenvalue weighted by atomic mass is 10.0. The lowest BCUT2D eigenvalue weighted by Crippen LogP contribution is -2.54. The summed E-state index contributed by atoms with van der Waals surface area (Å²) in [4.78, 5) is 54.7. The average Bonchev–Trinajstić information content (AvgIpc) is 3.37. The third-order valence-corrected chi connectivity index (χ3v) is 6.03. The predicted octanol–water partition coefficient (Wildman–Crippen LogP) is 2.67. The fourth-order valence-electron chi connectivity index (χ4n) is 4.32. The molecule has 0 saturated carbocycles. The van der Waals surface area contributed by atoms with Gasteiger partial charge in [0.25, 0.3) is 17.8 Å². The van der Waals surface area contributed by atoms with Gasteiger partial charge in [-0.15, -0.1) is 0 Å². The van der Waals surface area contributed by atoms with E-state index in [4.69, 9.17) is 4.42 Å². The zero-order valence-corrected chi connectivity index (χ0v) is 18.6. The van der Waals surface area contributed by atoms with E-state index in [2.05, 4.69) is 20.9 Å². The van der Waals surface area contributed by atoms with Crippen molar-refractivity contribution in [2.75, 3.05) is 23.7 Å². The quantitative estimate of drug-likeness (QED) is 0.332. The Balaban J connectivity index is 1.16. The van der Waals surface area contributed by atoms with Gasteiger partial charge in [-0.25, -0.2) is 4.39 Å². The highest BCUT2D eigenvalue weighted by atomic mass is 19.1. The van der Waals surface area contributed by atoms with Crippen LogP contribution in [0.2, 0.25) is 0 Å². The van der Waals surface area contributed by atoms with Gasteiger partial charge in [-0.3, -0.25) is 29.4 Å². The predicted molar refractivity (Wildman–Crippen MR) is 123 cm³/mol. The molecule has 4 amide bonds. The van der Waals surface area contributed by atoms with Crippen LogP contribution >= 0.6 is 0 Å². The minimum absolute atomic E-state index is 0.0709. The van der Waals surface area contributed by atoms with Crippen LogP contribution in [0.4, 0.5) is 16.1 Å². The maximum absolute atomic E-state index is 13.7. The first-order valence-electron chi connectivity index (χ1n) is 11.3. The minimum Gasteiger partial charge on any atom is -0.423 e. The average molecular weight is 479 g/mol. The molecule has 2 aromatic carbocycles. The molecule has 0 radical (unpaired) electrons. The molecular weight excluding hydrogens is 457 g/mol. The number of oxazole rings is 1. The Bertz CT molecular complexity index is 1350. The highest BCUT2D eigenvalue weighted by molar-refractivity contribution is 6.25. The van der Waals surface area contributed by atoms with Crippen LogP contribution in [0.15, 0.2) is 40.8 Å². The van der Waals surface area contributed by atoms with Gasteiger partial charge in [-0.1, -0.05) is 12.1 Å². The molecular formula is C24H22FN5O5. The number of nitrogens with zero attached hydrogens (tertiary/aromatic N) is 2. The first-order valence-corrected chi connectivity index (χ1v) is 11.3. The Morgan fingerprint density at radius 3 is 2.57 bits per heavy atom. The number of fused-ring (bicyclic) bond motifs is 2. The van der Waals surface area contributed by atoms with Crippen molar-refractivity contribution in [3.05, 3.63) is 53.3 Å². The highest BCUT2D eigenvalue weighted by Crippen LogP contribution is 2.32. The normalized spacial score (nSPS) is 17.6. The number of para-hydroxylation sites is 1. The third-order valence-electron chi connectivity index (χ3n) is 6.03. The summed E-state index contributed by atoms with van der Waals surface area (Å²) in [6.07, 6.45) is 1.64. The topological polar surface area (TPSA) is 134 Å². The summed E-state index contributed by atoms with van der Waals surface area (Å²) >= 11 is 0. The molecule has 2 aliphatic rings. The van der Waals surface area contributed by atoms with Gasteiger partial charge < -0.3 is 15.1 Å². The van der Waals surface area contributed by atoms with Crippen molar-refractivity contribution in [2.24, 2.45) is 0 Å². The van der Waals surface area contributed by atoms with Gasteiger partial charge in [-0.05, 0) is 43.5 Å². The first kappa shape index (κ1) is 22.5. The Kier molecular flexibility index (Phi) is 5.89. The summed E-state index contributed by atoms with van der Waals surface area (Å²) in [5.41, 5.74) is 1.53. The molecule has 2 aliphatic heterocycles. The molecule has 1 atom stereocenters. The Hall–Kier alpha value is -4.28. The van der Waals surface area contributed by atoms with E-state index in [0.717, 1.165) is 17.7 Å². The number of piperidine rings is 1. The molecule has 3 N–H and O–H groups in total. The van der Waals surface area contributed by atoms with Crippen LogP contribution in [0.1, 0.15) is 46.4 Å². The van der Waals surface area contributed by atoms with Crippen molar-refractivity contribution in [3.63, 3.8) is 0 Å². The molecule has 5 rings (SSSR count). The van der Waals surface area contributed by atoms with Crippen LogP contribution in [-0.4, -0.2) is 52.6 Å². The Morgan fingerprint density at radius 2 is 1.80 bits per heavy atom. The number of carbonyl (C=O) groups excluding carboxylic acids is 4. The molecule has 11 heteroatoms. The number of imide groups is 2. The molecule has 1 unspecified atom stereocenters. The van der Waals surface area contributed by atoms with Crippen LogP contribution in [0.25, 0.3) is 11.1 Å². The van der Waals surface area contributed by atoms with Gasteiger partial charge in [0, 0.05) is 25.2 Å². The van der Waals surface area contributed by atoms with Crippen molar-refractivity contribution < 1.29 is 28.0 Å². The van der Waals surface area contributed by atoms with Gasteiger partial charge in [0.2, 0.25) is 11.8 Å². The van der Waals surface area contributed by atoms with Crippen molar-refractivity contribution in [1.82, 2.24) is 15.2 Å². The number of aromatic nitrogens is 1. The zero-order valence-electron chi connectivity index (χ0n) is 18.6. The lowest BCUT2D eigenvalue weighted by Gasteiger charge is -2.27. The van der Waals surface area contributed by atoms with E-state index in [0.29, 0.717) is 24.4 Å². The summed E-state index contributed by atoms with van der Waals surface area (Å²) in [7, 11) is 0.